The fourth-order valence-electron chi connectivity index (χ4n) is 5.06. The molecule has 190 valence electrons. The number of amides is 1. The highest BCUT2D eigenvalue weighted by molar-refractivity contribution is 6.04. The molecule has 4 atom stereocenters. The van der Waals surface area contributed by atoms with E-state index in [4.69, 9.17) is 4.74 Å². The van der Waals surface area contributed by atoms with Crippen LogP contribution >= 0.6 is 0 Å². The summed E-state index contributed by atoms with van der Waals surface area (Å²) in [6.07, 6.45) is -0.308. The van der Waals surface area contributed by atoms with E-state index >= 15 is 0 Å². The van der Waals surface area contributed by atoms with E-state index in [2.05, 4.69) is 0 Å². The van der Waals surface area contributed by atoms with Gasteiger partial charge < -0.3 is 14.7 Å². The van der Waals surface area contributed by atoms with Crippen LogP contribution < -0.4 is 4.90 Å². The summed E-state index contributed by atoms with van der Waals surface area (Å²) in [6.45, 7) is 8.62. The molecule has 4 nitrogen and oxygen atoms in total. The first-order valence-electron chi connectivity index (χ1n) is 13.0. The van der Waals surface area contributed by atoms with Crippen LogP contribution in [0.1, 0.15) is 61.6 Å². The van der Waals surface area contributed by atoms with Crippen LogP contribution in [0, 0.1) is 51.1 Å². The smallest absolute Gasteiger partial charge is 0.233 e. The SMILES string of the molecule is [2H][C@]1(c2ccc(O)cc2C)N(c2ccc(F)cc2C)C(=O)[C@]1([2H])[C@@H](C)C[C@H](OC)c1ccc(F)c(C)c1C. The summed E-state index contributed by atoms with van der Waals surface area (Å²) in [6, 6.07) is 9.63. The molecule has 1 fully saturated rings. The van der Waals surface area contributed by atoms with E-state index in [9.17, 15) is 21.4 Å². The van der Waals surface area contributed by atoms with Crippen molar-refractivity contribution in [1.82, 2.24) is 0 Å². The number of rotatable bonds is 7. The molecule has 3 aromatic carbocycles. The molecular weight excluding hydrogens is 460 g/mol. The van der Waals surface area contributed by atoms with Crippen LogP contribution in [0.5, 0.6) is 5.75 Å². The van der Waals surface area contributed by atoms with E-state index < -0.39 is 35.7 Å². The molecule has 0 aliphatic carbocycles. The summed E-state index contributed by atoms with van der Waals surface area (Å²) in [5, 5.41) is 10.0. The minimum Gasteiger partial charge on any atom is -0.508 e. The van der Waals surface area contributed by atoms with Crippen LogP contribution in [0.25, 0.3) is 0 Å². The lowest BCUT2D eigenvalue weighted by atomic mass is 9.71. The molecule has 1 aliphatic rings. The van der Waals surface area contributed by atoms with E-state index in [1.54, 1.807) is 39.8 Å². The van der Waals surface area contributed by atoms with E-state index in [0.29, 0.717) is 27.9 Å². The third kappa shape index (κ3) is 4.50. The second kappa shape index (κ2) is 10.0. The number of anilines is 1. The number of halogens is 2. The summed E-state index contributed by atoms with van der Waals surface area (Å²) in [5.74, 6) is -3.96. The highest BCUT2D eigenvalue weighted by Crippen LogP contribution is 2.50. The monoisotopic (exact) mass is 495 g/mol. The summed E-state index contributed by atoms with van der Waals surface area (Å²) in [5.41, 5.74) is 3.76. The van der Waals surface area contributed by atoms with Gasteiger partial charge in [-0.2, -0.15) is 0 Å². The molecule has 0 aromatic heterocycles. The molecule has 0 spiro atoms. The molecule has 3 aromatic rings. The van der Waals surface area contributed by atoms with Crippen molar-refractivity contribution in [3.05, 3.63) is 93.5 Å². The van der Waals surface area contributed by atoms with Gasteiger partial charge in [-0.1, -0.05) is 19.1 Å². The average Bonchev–Trinajstić information content (AvgIpc) is 2.86. The number of carbonyl (C=O) groups is 1. The maximum Gasteiger partial charge on any atom is 0.233 e. The van der Waals surface area contributed by atoms with Crippen molar-refractivity contribution in [3.63, 3.8) is 0 Å². The van der Waals surface area contributed by atoms with Gasteiger partial charge in [-0.25, -0.2) is 8.78 Å². The predicted octanol–water partition coefficient (Wildman–Crippen LogP) is 7.02. The van der Waals surface area contributed by atoms with Gasteiger partial charge in [0.2, 0.25) is 5.91 Å². The number of hydrogen-bond donors (Lipinski definition) is 1. The third-order valence-corrected chi connectivity index (χ3v) is 7.23. The van der Waals surface area contributed by atoms with Gasteiger partial charge in [-0.3, -0.25) is 4.79 Å². The van der Waals surface area contributed by atoms with E-state index in [0.717, 1.165) is 11.1 Å². The highest BCUT2D eigenvalue weighted by Gasteiger charge is 2.52. The molecule has 1 heterocycles. The minimum atomic E-state index is -1.94. The number of phenols is 1. The fraction of sp³-hybridized carbons (Fsp3) is 0.367. The summed E-state index contributed by atoms with van der Waals surface area (Å²) < 4.78 is 53.1. The maximum absolute atomic E-state index is 14.1. The van der Waals surface area contributed by atoms with Gasteiger partial charge in [0.1, 0.15) is 17.4 Å². The van der Waals surface area contributed by atoms with Crippen molar-refractivity contribution in [2.24, 2.45) is 11.8 Å². The number of benzene rings is 3. The normalized spacial score (nSPS) is 24.1. The summed E-state index contributed by atoms with van der Waals surface area (Å²) in [4.78, 5) is 15.1. The van der Waals surface area contributed by atoms with Crippen LogP contribution in [0.3, 0.4) is 0 Å². The number of carbonyl (C=O) groups excluding carboxylic acids is 1. The molecule has 1 N–H and O–H groups in total. The van der Waals surface area contributed by atoms with Gasteiger partial charge in [-0.15, -0.1) is 0 Å². The van der Waals surface area contributed by atoms with Crippen molar-refractivity contribution in [2.75, 3.05) is 12.0 Å². The Kier molecular flexibility index (Phi) is 6.45. The van der Waals surface area contributed by atoms with Gasteiger partial charge >= 0.3 is 0 Å². The maximum atomic E-state index is 14.1. The number of ether oxygens (including phenoxy) is 1. The number of aromatic hydroxyl groups is 1. The van der Waals surface area contributed by atoms with E-state index in [-0.39, 0.29) is 18.0 Å². The molecule has 0 saturated carbocycles. The predicted molar refractivity (Wildman–Crippen MR) is 137 cm³/mol. The molecular formula is C30H33F2NO3. The second-order valence-corrected chi connectivity index (χ2v) is 9.58. The van der Waals surface area contributed by atoms with Crippen molar-refractivity contribution >= 4 is 11.6 Å². The van der Waals surface area contributed by atoms with Gasteiger partial charge in [0, 0.05) is 14.2 Å². The lowest BCUT2D eigenvalue weighted by Crippen LogP contribution is -2.58. The zero-order chi connectivity index (χ0) is 28.2. The zero-order valence-corrected chi connectivity index (χ0v) is 21.4. The van der Waals surface area contributed by atoms with E-state index in [1.165, 1.54) is 48.4 Å². The lowest BCUT2D eigenvalue weighted by Gasteiger charge is -2.51. The molecule has 1 amide bonds. The van der Waals surface area contributed by atoms with E-state index in [1.807, 2.05) is 6.92 Å². The molecule has 0 radical (unpaired) electrons. The molecule has 1 aliphatic heterocycles. The first kappa shape index (κ1) is 23.2. The van der Waals surface area contributed by atoms with Crippen LogP contribution in [-0.2, 0) is 9.53 Å². The van der Waals surface area contributed by atoms with Gasteiger partial charge in [0.25, 0.3) is 0 Å². The lowest BCUT2D eigenvalue weighted by molar-refractivity contribution is -0.133. The van der Waals surface area contributed by atoms with Crippen LogP contribution in [0.2, 0.25) is 0 Å². The molecule has 6 heteroatoms. The highest BCUT2D eigenvalue weighted by atomic mass is 19.1. The van der Waals surface area contributed by atoms with Crippen molar-refractivity contribution in [1.29, 1.82) is 0 Å². The molecule has 1 saturated heterocycles. The molecule has 0 bridgehead atoms. The molecule has 4 rings (SSSR count). The number of phenolic OH excluding ortho intramolecular Hbond substituents is 1. The Labute approximate surface area is 214 Å². The Morgan fingerprint density at radius 3 is 2.39 bits per heavy atom. The number of aryl methyl sites for hydroxylation is 2. The quantitative estimate of drug-likeness (QED) is 0.358. The Morgan fingerprint density at radius 2 is 1.75 bits per heavy atom. The van der Waals surface area contributed by atoms with Crippen LogP contribution in [-0.4, -0.2) is 18.1 Å². The zero-order valence-electron chi connectivity index (χ0n) is 23.4. The topological polar surface area (TPSA) is 49.8 Å². The van der Waals surface area contributed by atoms with Crippen molar-refractivity contribution in [2.45, 2.75) is 53.2 Å². The number of methoxy groups -OCH3 is 1. The van der Waals surface area contributed by atoms with Gasteiger partial charge in [0.15, 0.2) is 0 Å². The third-order valence-electron chi connectivity index (χ3n) is 7.23. The van der Waals surface area contributed by atoms with Crippen LogP contribution in [0.15, 0.2) is 48.5 Å². The van der Waals surface area contributed by atoms with Crippen molar-refractivity contribution in [3.8, 4) is 5.75 Å². The Balaban J connectivity index is 1.82. The standard InChI is InChI=1S/C30H33F2NO3/c1-16-14-22(34)8-9-23(16)29-28(30(35)33(29)26-12-7-21(31)13-17(26)2)18(3)15-27(36-6)24-10-11-25(32)20(5)19(24)4/h7-14,18,27-29,34H,15H2,1-6H3/t18-,27-,28+,29+/m0/s1/i28D,29D. The first-order valence-corrected chi connectivity index (χ1v) is 12.0. The molecule has 36 heavy (non-hydrogen) atoms. The van der Waals surface area contributed by atoms with Gasteiger partial charge in [-0.05, 0) is 110 Å². The Bertz CT molecular complexity index is 1410. The summed E-state index contributed by atoms with van der Waals surface area (Å²) >= 11 is 0. The number of hydrogen-bond acceptors (Lipinski definition) is 3. The van der Waals surface area contributed by atoms with Gasteiger partial charge in [0.05, 0.1) is 19.4 Å². The Morgan fingerprint density at radius 1 is 1.03 bits per heavy atom. The summed E-state index contributed by atoms with van der Waals surface area (Å²) in [7, 11) is 1.53. The fourth-order valence-corrected chi connectivity index (χ4v) is 5.06. The number of β-lactam (4-membered cyclic amide) rings is 1. The van der Waals surface area contributed by atoms with Crippen molar-refractivity contribution < 1.29 is 26.2 Å². The Hall–Kier alpha value is -3.25. The van der Waals surface area contributed by atoms with Crippen LogP contribution in [0.4, 0.5) is 14.5 Å². The average molecular weight is 496 g/mol. The number of nitrogens with zero attached hydrogens (tertiary/aromatic N) is 1. The molecule has 0 unspecified atom stereocenters. The second-order valence-electron chi connectivity index (χ2n) is 9.58. The minimum absolute atomic E-state index is 0.00948. The first-order chi connectivity index (χ1) is 17.8. The largest absolute Gasteiger partial charge is 0.508 e.